The van der Waals surface area contributed by atoms with E-state index in [1.54, 1.807) is 26.0 Å². The van der Waals surface area contributed by atoms with Gasteiger partial charge < -0.3 is 97.0 Å². The normalized spacial score (nSPS) is 12.8. The highest BCUT2D eigenvalue weighted by Gasteiger charge is 2.34. The van der Waals surface area contributed by atoms with E-state index in [2.05, 4.69) is 31.6 Å². The van der Waals surface area contributed by atoms with Gasteiger partial charge in [0.05, 0.1) is 78.0 Å². The highest BCUT2D eigenvalue weighted by molar-refractivity contribution is 5.93. The van der Waals surface area contributed by atoms with Gasteiger partial charge in [-0.05, 0) is 88.8 Å². The summed E-state index contributed by atoms with van der Waals surface area (Å²) in [4.78, 5) is 165. The SMILES string of the molecule is CC(=O)[C@H](CCC(=O)CCCOCCOCC(=O)NCCOCCOCC(=O)CCCOCCOCC(=O)NCCOCCOCC(=O)NCCCC[C@H](C)C(=O)C(C)[C@@H](CCCN=C(N)N)C(=O)N[C@@H](Cc1ccc(O)cc1)C(N)=O)NC(=O)CC[C@H](CC(=O)CCCCCCCCCCCCCCCCC(=O)O)C(=O)O. The largest absolute Gasteiger partial charge is 0.508 e. The number of ether oxygens (including phenoxy) is 8. The van der Waals surface area contributed by atoms with Crippen molar-refractivity contribution in [3.8, 4) is 5.75 Å². The van der Waals surface area contributed by atoms with Crippen molar-refractivity contribution in [3.63, 3.8) is 0 Å². The lowest BCUT2D eigenvalue weighted by Crippen LogP contribution is -2.49. The molecule has 14 N–H and O–H groups in total. The molecule has 1 aromatic rings. The van der Waals surface area contributed by atoms with Crippen LogP contribution in [0.25, 0.3) is 0 Å². The Bertz CT molecular complexity index is 2900. The minimum absolute atomic E-state index is 0.0444. The van der Waals surface area contributed by atoms with E-state index in [1.165, 1.54) is 51.2 Å². The zero-order valence-electron chi connectivity index (χ0n) is 67.4. The van der Waals surface area contributed by atoms with Gasteiger partial charge in [-0.15, -0.1) is 0 Å². The number of ketones is 5. The summed E-state index contributed by atoms with van der Waals surface area (Å²) in [5.41, 5.74) is 17.2. The molecule has 0 fully saturated rings. The van der Waals surface area contributed by atoms with Crippen molar-refractivity contribution in [2.45, 2.75) is 232 Å². The Morgan fingerprint density at radius 2 is 0.885 bits per heavy atom. The first kappa shape index (κ1) is 103. The number of phenolic OH excluding ortho intramolecular Hbond substituents is 1. The zero-order valence-corrected chi connectivity index (χ0v) is 67.4. The monoisotopic (exact) mass is 1610 g/mol. The number of nitrogens with one attached hydrogen (secondary N) is 5. The van der Waals surface area contributed by atoms with Crippen molar-refractivity contribution in [1.82, 2.24) is 26.6 Å². The second kappa shape index (κ2) is 68.5. The van der Waals surface area contributed by atoms with Crippen LogP contribution in [-0.2, 0) is 107 Å². The second-order valence-electron chi connectivity index (χ2n) is 28.4. The Morgan fingerprint density at radius 1 is 0.425 bits per heavy atom. The first-order valence-corrected chi connectivity index (χ1v) is 40.5. The number of hydrogen-bond donors (Lipinski definition) is 11. The Balaban J connectivity index is 2.01. The number of nitrogens with two attached hydrogens (primary N) is 3. The van der Waals surface area contributed by atoms with Crippen LogP contribution in [0.15, 0.2) is 29.3 Å². The quantitative estimate of drug-likeness (QED) is 0.0221. The predicted molar refractivity (Wildman–Crippen MR) is 421 cm³/mol. The van der Waals surface area contributed by atoms with E-state index in [9.17, 15) is 72.5 Å². The Morgan fingerprint density at radius 3 is 1.37 bits per heavy atom. The average molecular weight is 1610 g/mol. The van der Waals surface area contributed by atoms with E-state index in [4.69, 9.17) is 60.2 Å². The maximum atomic E-state index is 13.6. The summed E-state index contributed by atoms with van der Waals surface area (Å²) in [6.07, 6.45) is 18.9. The van der Waals surface area contributed by atoms with Gasteiger partial charge in [-0.2, -0.15) is 0 Å². The number of carboxylic acids is 2. The van der Waals surface area contributed by atoms with Crippen molar-refractivity contribution in [2.24, 2.45) is 45.9 Å². The van der Waals surface area contributed by atoms with Crippen LogP contribution in [0.1, 0.15) is 219 Å². The molecule has 0 saturated heterocycles. The molecular weight excluding hydrogens is 1470 g/mol. The first-order chi connectivity index (χ1) is 54.3. The number of aliphatic carboxylic acids is 2. The van der Waals surface area contributed by atoms with Crippen LogP contribution in [-0.4, -0.2) is 242 Å². The molecular formula is C80H135N9O24. The molecule has 0 radical (unpaired) electrons. The second-order valence-corrected chi connectivity index (χ2v) is 28.4. The molecule has 1 rings (SSSR count). The number of carbonyl (C=O) groups excluding carboxylic acids is 11. The Hall–Kier alpha value is -7.92. The molecule has 33 heteroatoms. The number of Topliss-reactive ketones (excluding diaryl/α,β-unsaturated/α-hetero) is 5. The molecule has 6 amide bonds. The van der Waals surface area contributed by atoms with Crippen LogP contribution < -0.4 is 43.8 Å². The van der Waals surface area contributed by atoms with Gasteiger partial charge >= 0.3 is 11.9 Å². The smallest absolute Gasteiger partial charge is 0.306 e. The van der Waals surface area contributed by atoms with Crippen molar-refractivity contribution in [3.05, 3.63) is 29.8 Å². The number of aromatic hydroxyl groups is 1. The molecule has 0 saturated carbocycles. The minimum atomic E-state index is -1.15. The third kappa shape index (κ3) is 60.3. The lowest BCUT2D eigenvalue weighted by atomic mass is 9.80. The number of primary amides is 1. The number of nitrogens with zero attached hydrogens (tertiary/aromatic N) is 1. The number of unbranched alkanes of at least 4 members (excludes halogenated alkanes) is 14. The zero-order chi connectivity index (χ0) is 83.5. The van der Waals surface area contributed by atoms with Gasteiger partial charge in [0.25, 0.3) is 0 Å². The molecule has 113 heavy (non-hydrogen) atoms. The number of benzene rings is 1. The fraction of sp³-hybridized carbons (Fsp3) is 0.750. The predicted octanol–water partition coefficient (Wildman–Crippen LogP) is 5.39. The number of aliphatic imine (C=N–C) groups is 1. The van der Waals surface area contributed by atoms with Crippen LogP contribution in [0.3, 0.4) is 0 Å². The van der Waals surface area contributed by atoms with E-state index in [1.807, 2.05) is 0 Å². The lowest BCUT2D eigenvalue weighted by molar-refractivity contribution is -0.144. The number of rotatable bonds is 79. The maximum absolute atomic E-state index is 13.6. The van der Waals surface area contributed by atoms with Gasteiger partial charge in [-0.1, -0.05) is 109 Å². The van der Waals surface area contributed by atoms with E-state index in [0.29, 0.717) is 70.1 Å². The topological polar surface area (TPSA) is 507 Å². The van der Waals surface area contributed by atoms with Gasteiger partial charge in [-0.3, -0.25) is 67.3 Å². The summed E-state index contributed by atoms with van der Waals surface area (Å²) in [5.74, 6) is -8.44. The highest BCUT2D eigenvalue weighted by atomic mass is 16.5. The number of amides is 6. The molecule has 0 spiro atoms. The molecule has 644 valence electrons. The van der Waals surface area contributed by atoms with Crippen molar-refractivity contribution < 1.29 is 116 Å². The van der Waals surface area contributed by atoms with Crippen molar-refractivity contribution in [1.29, 1.82) is 0 Å². The van der Waals surface area contributed by atoms with Crippen LogP contribution in [0.5, 0.6) is 5.75 Å². The summed E-state index contributed by atoms with van der Waals surface area (Å²) >= 11 is 0. The lowest BCUT2D eigenvalue weighted by Gasteiger charge is -2.26. The molecule has 6 atom stereocenters. The molecule has 0 heterocycles. The number of carbonyl (C=O) groups is 13. The number of carboxylic acid groups (broad SMARTS) is 2. The third-order valence-corrected chi connectivity index (χ3v) is 18.5. The van der Waals surface area contributed by atoms with Crippen molar-refractivity contribution >= 4 is 82.3 Å². The summed E-state index contributed by atoms with van der Waals surface area (Å²) in [5, 5.41) is 41.5. The molecule has 0 aromatic heterocycles. The number of phenols is 1. The minimum Gasteiger partial charge on any atom is -0.508 e. The molecule has 1 unspecified atom stereocenters. The average Bonchev–Trinajstić information content (AvgIpc) is 0.845. The van der Waals surface area contributed by atoms with Gasteiger partial charge in [-0.25, -0.2) is 0 Å². The fourth-order valence-electron chi connectivity index (χ4n) is 11.9. The maximum Gasteiger partial charge on any atom is 0.306 e. The molecule has 33 nitrogen and oxygen atoms in total. The van der Waals surface area contributed by atoms with E-state index < -0.39 is 65.4 Å². The van der Waals surface area contributed by atoms with Gasteiger partial charge in [0.1, 0.15) is 55.6 Å². The van der Waals surface area contributed by atoms with Crippen LogP contribution >= 0.6 is 0 Å². The summed E-state index contributed by atoms with van der Waals surface area (Å²) in [6, 6.07) is 4.21. The Labute approximate surface area is 666 Å². The van der Waals surface area contributed by atoms with Crippen molar-refractivity contribution in [2.75, 3.05) is 132 Å². The van der Waals surface area contributed by atoms with E-state index in [-0.39, 0.29) is 241 Å². The number of hydrogen-bond acceptors (Lipinski definition) is 23. The van der Waals surface area contributed by atoms with Crippen LogP contribution in [0.2, 0.25) is 0 Å². The highest BCUT2D eigenvalue weighted by Crippen LogP contribution is 2.26. The fourth-order valence-corrected chi connectivity index (χ4v) is 11.9. The van der Waals surface area contributed by atoms with Gasteiger partial charge in [0, 0.05) is 109 Å². The molecule has 1 aromatic carbocycles. The third-order valence-electron chi connectivity index (χ3n) is 18.5. The first-order valence-electron chi connectivity index (χ1n) is 40.5. The van der Waals surface area contributed by atoms with Crippen LogP contribution in [0.4, 0.5) is 0 Å². The molecule has 0 aliphatic rings. The summed E-state index contributed by atoms with van der Waals surface area (Å²) in [6.45, 7) is 7.70. The van der Waals surface area contributed by atoms with Gasteiger partial charge in [0.15, 0.2) is 17.5 Å². The molecule has 0 aliphatic heterocycles. The molecule has 0 aliphatic carbocycles. The Kier molecular flexibility index (Phi) is 62.5. The molecule has 0 bridgehead atoms. The summed E-state index contributed by atoms with van der Waals surface area (Å²) in [7, 11) is 0. The standard InChI is InChI=1S/C80H135N9O24/c1-59(76(101)60(2)68(27-20-38-87-80(82)83)78(103)89-70(77(81)102)53-62-29-32-65(92)33-30-62)23-18-19-37-84-72(96)56-113-52-48-109-44-40-86-74(98)58-112-51-46-107-42-22-26-67(94)55-110-49-47-108-43-39-85-73(97)57-111-50-45-106-41-21-25-64(91)34-35-69(61(3)90)88-71(95)36-31-63(79(104)105)54-66(93)24-16-14-12-10-8-6-4-5-7-9-11-13-15-17-28-75(99)100/h29-30,32-33,59-60,63,68-70,92H,4-28,31,34-58H2,1-3H3,(H2,81,102)(H,84,96)(H,85,97)(H,86,98)(H,88,95)(H,89,103)(H,99,100)(H,104,105)(H4,82,83,87)/t59-,60?,63+,68+,69-,70-/m0/s1. The summed E-state index contributed by atoms with van der Waals surface area (Å²) < 4.78 is 43.3. The van der Waals surface area contributed by atoms with Gasteiger partial charge in [0.2, 0.25) is 35.4 Å². The van der Waals surface area contributed by atoms with E-state index in [0.717, 1.165) is 51.4 Å². The number of guanidine groups is 1. The van der Waals surface area contributed by atoms with Crippen LogP contribution in [0, 0.1) is 23.7 Å². The van der Waals surface area contributed by atoms with E-state index >= 15 is 0 Å².